The summed E-state index contributed by atoms with van der Waals surface area (Å²) in [5.41, 5.74) is 3.15. The lowest BCUT2D eigenvalue weighted by molar-refractivity contribution is -0.140. The molecule has 3 rings (SSSR count). The van der Waals surface area contributed by atoms with Gasteiger partial charge in [0.1, 0.15) is 6.61 Å². The van der Waals surface area contributed by atoms with Crippen LogP contribution in [0, 0.1) is 16.7 Å². The summed E-state index contributed by atoms with van der Waals surface area (Å²) in [6.45, 7) is 8.19. The summed E-state index contributed by atoms with van der Waals surface area (Å²) >= 11 is 0. The lowest BCUT2D eigenvalue weighted by atomic mass is 9.52. The van der Waals surface area contributed by atoms with E-state index in [0.29, 0.717) is 5.92 Å². The fourth-order valence-corrected chi connectivity index (χ4v) is 4.17. The van der Waals surface area contributed by atoms with Crippen LogP contribution in [0.4, 0.5) is 0 Å². The predicted molar refractivity (Wildman–Crippen MR) is 76.0 cm³/mol. The summed E-state index contributed by atoms with van der Waals surface area (Å²) in [7, 11) is 0. The van der Waals surface area contributed by atoms with Gasteiger partial charge in [-0.15, -0.1) is 0 Å². The maximum atomic E-state index is 12.7. The molecule has 3 aliphatic carbocycles. The van der Waals surface area contributed by atoms with Crippen LogP contribution >= 0.6 is 0 Å². The van der Waals surface area contributed by atoms with Crippen molar-refractivity contribution >= 4 is 11.8 Å². The Morgan fingerprint density at radius 2 is 2.10 bits per heavy atom. The quantitative estimate of drug-likeness (QED) is 0.726. The highest BCUT2D eigenvalue weighted by atomic mass is 16.5. The van der Waals surface area contributed by atoms with Gasteiger partial charge in [0.15, 0.2) is 5.78 Å². The molecular formula is C17H22O3. The Morgan fingerprint density at radius 1 is 1.40 bits per heavy atom. The first-order valence-corrected chi connectivity index (χ1v) is 7.38. The van der Waals surface area contributed by atoms with E-state index in [0.717, 1.165) is 30.4 Å². The third-order valence-electron chi connectivity index (χ3n) is 5.33. The minimum Gasteiger partial charge on any atom is -0.461 e. The van der Waals surface area contributed by atoms with Gasteiger partial charge in [0, 0.05) is 18.1 Å². The highest BCUT2D eigenvalue weighted by Crippen LogP contribution is 2.63. The molecule has 0 aromatic carbocycles. The standard InChI is InChI=1S/C17H22O3/c1-10(18)20-9-12-13-5-6-17(13,4)14-8-16(2,3)7-11(14)15(12)19/h7,14H,5-6,8-9H2,1-4H3/t14-,17-/m1/s1. The van der Waals surface area contributed by atoms with Crippen molar-refractivity contribution in [3.05, 3.63) is 22.8 Å². The molecule has 1 fully saturated rings. The molecule has 0 N–H and O–H groups in total. The van der Waals surface area contributed by atoms with Gasteiger partial charge in [0.25, 0.3) is 0 Å². The molecule has 20 heavy (non-hydrogen) atoms. The Kier molecular flexibility index (Phi) is 2.76. The number of fused-ring (bicyclic) bond motifs is 3. The van der Waals surface area contributed by atoms with E-state index in [1.54, 1.807) is 0 Å². The van der Waals surface area contributed by atoms with E-state index >= 15 is 0 Å². The number of Topliss-reactive ketones (excluding diaryl/α,β-unsaturated/α-hetero) is 1. The van der Waals surface area contributed by atoms with E-state index in [-0.39, 0.29) is 29.2 Å². The third kappa shape index (κ3) is 1.79. The van der Waals surface area contributed by atoms with Crippen LogP contribution in [0.3, 0.4) is 0 Å². The molecule has 0 bridgehead atoms. The van der Waals surface area contributed by atoms with Gasteiger partial charge in [-0.1, -0.05) is 32.4 Å². The molecular weight excluding hydrogens is 252 g/mol. The summed E-state index contributed by atoms with van der Waals surface area (Å²) in [4.78, 5) is 23.8. The van der Waals surface area contributed by atoms with Crippen molar-refractivity contribution in [2.24, 2.45) is 16.7 Å². The van der Waals surface area contributed by atoms with Crippen molar-refractivity contribution in [2.75, 3.05) is 6.61 Å². The zero-order valence-electron chi connectivity index (χ0n) is 12.7. The van der Waals surface area contributed by atoms with Crippen molar-refractivity contribution in [2.45, 2.75) is 47.0 Å². The Balaban J connectivity index is 2.00. The second-order valence-corrected chi connectivity index (χ2v) is 7.33. The van der Waals surface area contributed by atoms with Crippen LogP contribution in [0.15, 0.2) is 22.8 Å². The van der Waals surface area contributed by atoms with Crippen LogP contribution in [0.2, 0.25) is 0 Å². The van der Waals surface area contributed by atoms with E-state index in [4.69, 9.17) is 4.74 Å². The molecule has 3 aliphatic rings. The molecule has 0 aromatic rings. The number of ether oxygens (including phenoxy) is 1. The Bertz CT molecular complexity index is 565. The molecule has 0 radical (unpaired) electrons. The van der Waals surface area contributed by atoms with Crippen molar-refractivity contribution in [3.8, 4) is 0 Å². The summed E-state index contributed by atoms with van der Waals surface area (Å²) in [5, 5.41) is 0. The van der Waals surface area contributed by atoms with Crippen LogP contribution in [-0.4, -0.2) is 18.4 Å². The first-order chi connectivity index (χ1) is 9.24. The van der Waals surface area contributed by atoms with Gasteiger partial charge in [0.2, 0.25) is 0 Å². The normalized spacial score (nSPS) is 34.1. The van der Waals surface area contributed by atoms with Crippen molar-refractivity contribution in [1.29, 1.82) is 0 Å². The fourth-order valence-electron chi connectivity index (χ4n) is 4.17. The van der Waals surface area contributed by atoms with Gasteiger partial charge in [-0.3, -0.25) is 9.59 Å². The Morgan fingerprint density at radius 3 is 2.65 bits per heavy atom. The van der Waals surface area contributed by atoms with E-state index in [1.165, 1.54) is 12.5 Å². The smallest absolute Gasteiger partial charge is 0.302 e. The first-order valence-electron chi connectivity index (χ1n) is 7.38. The Labute approximate surface area is 120 Å². The lowest BCUT2D eigenvalue weighted by Gasteiger charge is -2.51. The predicted octanol–water partition coefficient (Wildman–Crippen LogP) is 3.20. The van der Waals surface area contributed by atoms with E-state index in [1.807, 2.05) is 0 Å². The van der Waals surface area contributed by atoms with Crippen LogP contribution in [0.1, 0.15) is 47.0 Å². The monoisotopic (exact) mass is 274 g/mol. The number of carbonyl (C=O) groups excluding carboxylic acids is 2. The summed E-state index contributed by atoms with van der Waals surface area (Å²) < 4.78 is 5.10. The first kappa shape index (κ1) is 13.6. The van der Waals surface area contributed by atoms with Crippen molar-refractivity contribution in [3.63, 3.8) is 0 Å². The highest BCUT2D eigenvalue weighted by molar-refractivity contribution is 6.11. The number of ketones is 1. The molecule has 0 unspecified atom stereocenters. The Hall–Kier alpha value is -1.38. The molecule has 0 heterocycles. The van der Waals surface area contributed by atoms with Gasteiger partial charge in [-0.05, 0) is 36.0 Å². The minimum absolute atomic E-state index is 0.0935. The summed E-state index contributed by atoms with van der Waals surface area (Å²) in [6.07, 6.45) is 5.31. The average Bonchev–Trinajstić information content (AvgIpc) is 2.66. The largest absolute Gasteiger partial charge is 0.461 e. The second-order valence-electron chi connectivity index (χ2n) is 7.33. The number of allylic oxidation sites excluding steroid dienone is 3. The maximum Gasteiger partial charge on any atom is 0.302 e. The zero-order chi connectivity index (χ0) is 14.7. The van der Waals surface area contributed by atoms with Crippen LogP contribution in [0.25, 0.3) is 0 Å². The topological polar surface area (TPSA) is 43.4 Å². The summed E-state index contributed by atoms with van der Waals surface area (Å²) in [5.74, 6) is 0.151. The van der Waals surface area contributed by atoms with E-state index in [9.17, 15) is 9.59 Å². The highest BCUT2D eigenvalue weighted by Gasteiger charge is 2.55. The molecule has 2 atom stereocenters. The van der Waals surface area contributed by atoms with E-state index < -0.39 is 0 Å². The maximum absolute atomic E-state index is 12.7. The van der Waals surface area contributed by atoms with Gasteiger partial charge in [-0.2, -0.15) is 0 Å². The van der Waals surface area contributed by atoms with Gasteiger partial charge >= 0.3 is 5.97 Å². The second kappa shape index (κ2) is 4.06. The zero-order valence-corrected chi connectivity index (χ0v) is 12.7. The number of hydrogen-bond donors (Lipinski definition) is 0. The number of rotatable bonds is 2. The van der Waals surface area contributed by atoms with Gasteiger partial charge < -0.3 is 4.74 Å². The number of esters is 1. The molecule has 3 heteroatoms. The molecule has 3 nitrogen and oxygen atoms in total. The third-order valence-corrected chi connectivity index (χ3v) is 5.33. The number of hydrogen-bond acceptors (Lipinski definition) is 3. The molecule has 0 spiro atoms. The van der Waals surface area contributed by atoms with Crippen molar-refractivity contribution < 1.29 is 14.3 Å². The summed E-state index contributed by atoms with van der Waals surface area (Å²) in [6, 6.07) is 0. The molecule has 0 amide bonds. The molecule has 1 saturated carbocycles. The van der Waals surface area contributed by atoms with E-state index in [2.05, 4.69) is 26.8 Å². The molecule has 0 aliphatic heterocycles. The van der Waals surface area contributed by atoms with Gasteiger partial charge in [-0.25, -0.2) is 0 Å². The molecule has 108 valence electrons. The molecule has 0 saturated heterocycles. The number of carbonyl (C=O) groups is 2. The minimum atomic E-state index is -0.324. The fraction of sp³-hybridized carbons (Fsp3) is 0.647. The SMILES string of the molecule is CC(=O)OCC1=C2CC[C@@]2(C)[C@@H]2CC(C)(C)C=C2C1=O. The lowest BCUT2D eigenvalue weighted by Crippen LogP contribution is -2.45. The average molecular weight is 274 g/mol. The van der Waals surface area contributed by atoms with Crippen LogP contribution in [0.5, 0.6) is 0 Å². The van der Waals surface area contributed by atoms with Crippen LogP contribution < -0.4 is 0 Å². The molecule has 0 aromatic heterocycles. The van der Waals surface area contributed by atoms with Crippen LogP contribution in [-0.2, 0) is 14.3 Å². The van der Waals surface area contributed by atoms with Crippen molar-refractivity contribution in [1.82, 2.24) is 0 Å². The van der Waals surface area contributed by atoms with Gasteiger partial charge in [0.05, 0.1) is 0 Å².